The number of carbonyl (C=O) groups excluding carboxylic acids is 1. The van der Waals surface area contributed by atoms with Crippen LogP contribution in [0.5, 0.6) is 0 Å². The molecule has 6 nitrogen and oxygen atoms in total. The molecule has 4 aromatic rings. The van der Waals surface area contributed by atoms with Crippen LogP contribution in [0.25, 0.3) is 22.0 Å². The van der Waals surface area contributed by atoms with Gasteiger partial charge in [0.25, 0.3) is 0 Å². The zero-order chi connectivity index (χ0) is 25.0. The molecule has 3 N–H and O–H groups in total. The van der Waals surface area contributed by atoms with Crippen LogP contribution in [-0.2, 0) is 6.18 Å². The van der Waals surface area contributed by atoms with Gasteiger partial charge in [0.1, 0.15) is 11.5 Å². The number of carbonyl (C=O) groups is 1. The predicted molar refractivity (Wildman–Crippen MR) is 126 cm³/mol. The van der Waals surface area contributed by atoms with Crippen molar-refractivity contribution in [1.29, 1.82) is 0 Å². The maximum absolute atomic E-state index is 13.3. The maximum atomic E-state index is 13.3. The summed E-state index contributed by atoms with van der Waals surface area (Å²) in [7, 11) is 0. The molecule has 0 fully saturated rings. The van der Waals surface area contributed by atoms with E-state index in [9.17, 15) is 22.4 Å². The lowest BCUT2D eigenvalue weighted by Crippen LogP contribution is -2.37. The highest BCUT2D eigenvalue weighted by atomic mass is 19.4. The highest BCUT2D eigenvalue weighted by molar-refractivity contribution is 6.00. The molecule has 10 heteroatoms. The topological polar surface area (TPSA) is 78.9 Å². The Labute approximate surface area is 198 Å². The third-order valence-corrected chi connectivity index (χ3v) is 5.23. The molecule has 0 aliphatic heterocycles. The number of amides is 2. The summed E-state index contributed by atoms with van der Waals surface area (Å²) in [6, 6.07) is 16.9. The summed E-state index contributed by atoms with van der Waals surface area (Å²) in [5.74, 6) is 0.178. The number of hydrogen-bond acceptors (Lipinski definition) is 4. The smallest absolute Gasteiger partial charge is 0.364 e. The van der Waals surface area contributed by atoms with E-state index in [1.165, 1.54) is 24.3 Å². The van der Waals surface area contributed by atoms with Crippen LogP contribution in [0.15, 0.2) is 72.8 Å². The fourth-order valence-electron chi connectivity index (χ4n) is 3.48. The van der Waals surface area contributed by atoms with Crippen molar-refractivity contribution in [1.82, 2.24) is 15.5 Å². The number of rotatable bonds is 6. The van der Waals surface area contributed by atoms with E-state index in [0.717, 1.165) is 28.5 Å². The first-order valence-electron chi connectivity index (χ1n) is 10.7. The quantitative estimate of drug-likeness (QED) is 0.291. The van der Waals surface area contributed by atoms with Gasteiger partial charge in [-0.3, -0.25) is 0 Å². The zero-order valence-electron chi connectivity index (χ0n) is 18.5. The van der Waals surface area contributed by atoms with Gasteiger partial charge in [-0.1, -0.05) is 24.3 Å². The van der Waals surface area contributed by atoms with Crippen molar-refractivity contribution in [2.45, 2.75) is 19.1 Å². The van der Waals surface area contributed by atoms with Crippen LogP contribution in [0.2, 0.25) is 0 Å². The Morgan fingerprint density at radius 2 is 1.57 bits per heavy atom. The number of nitrogens with zero attached hydrogens (tertiary/aromatic N) is 2. The van der Waals surface area contributed by atoms with E-state index in [-0.39, 0.29) is 24.1 Å². The highest BCUT2D eigenvalue weighted by Gasteiger charge is 2.30. The SMILES string of the molecule is C[C@@H](CNC(=O)Nc1ccc(C(F)(F)F)cc1)Nc1nnc(-c2ccc(F)cc2)c2ccccc12. The molecule has 180 valence electrons. The van der Waals surface area contributed by atoms with E-state index in [1.807, 2.05) is 31.2 Å². The average molecular weight is 483 g/mol. The van der Waals surface area contributed by atoms with Gasteiger partial charge in [0.15, 0.2) is 5.82 Å². The van der Waals surface area contributed by atoms with E-state index in [1.54, 1.807) is 12.1 Å². The Morgan fingerprint density at radius 3 is 2.23 bits per heavy atom. The second kappa shape index (κ2) is 9.96. The van der Waals surface area contributed by atoms with Crippen LogP contribution in [0.1, 0.15) is 12.5 Å². The van der Waals surface area contributed by atoms with Crippen LogP contribution in [0, 0.1) is 5.82 Å². The van der Waals surface area contributed by atoms with Crippen LogP contribution in [-0.4, -0.2) is 28.8 Å². The highest BCUT2D eigenvalue weighted by Crippen LogP contribution is 2.31. The Kier molecular flexibility index (Phi) is 6.81. The molecular formula is C25H21F4N5O. The molecule has 1 atom stereocenters. The second-order valence-corrected chi connectivity index (χ2v) is 7.91. The average Bonchev–Trinajstić information content (AvgIpc) is 2.83. The maximum Gasteiger partial charge on any atom is 0.416 e. The Bertz CT molecular complexity index is 1320. The van der Waals surface area contributed by atoms with Gasteiger partial charge < -0.3 is 16.0 Å². The number of nitrogens with one attached hydrogen (secondary N) is 3. The fourth-order valence-corrected chi connectivity index (χ4v) is 3.48. The lowest BCUT2D eigenvalue weighted by molar-refractivity contribution is -0.137. The Balaban J connectivity index is 1.40. The van der Waals surface area contributed by atoms with Crippen molar-refractivity contribution in [2.75, 3.05) is 17.2 Å². The summed E-state index contributed by atoms with van der Waals surface area (Å²) < 4.78 is 51.3. The molecule has 4 rings (SSSR count). The van der Waals surface area contributed by atoms with Crippen molar-refractivity contribution >= 4 is 28.3 Å². The molecule has 35 heavy (non-hydrogen) atoms. The van der Waals surface area contributed by atoms with Crippen molar-refractivity contribution in [3.63, 3.8) is 0 Å². The largest absolute Gasteiger partial charge is 0.416 e. The lowest BCUT2D eigenvalue weighted by atomic mass is 10.0. The first-order chi connectivity index (χ1) is 16.7. The van der Waals surface area contributed by atoms with E-state index < -0.39 is 17.8 Å². The van der Waals surface area contributed by atoms with Gasteiger partial charge in [-0.2, -0.15) is 13.2 Å². The second-order valence-electron chi connectivity index (χ2n) is 7.91. The van der Waals surface area contributed by atoms with E-state index >= 15 is 0 Å². The minimum atomic E-state index is -4.44. The molecule has 0 spiro atoms. The normalized spacial score (nSPS) is 12.3. The summed E-state index contributed by atoms with van der Waals surface area (Å²) >= 11 is 0. The van der Waals surface area contributed by atoms with Crippen LogP contribution in [0.3, 0.4) is 0 Å². The summed E-state index contributed by atoms with van der Waals surface area (Å²) in [5, 5.41) is 18.6. The number of anilines is 2. The molecule has 1 heterocycles. The number of alkyl halides is 3. The minimum absolute atomic E-state index is 0.211. The Hall–Kier alpha value is -4.21. The van der Waals surface area contributed by atoms with Crippen LogP contribution < -0.4 is 16.0 Å². The molecule has 0 aliphatic carbocycles. The van der Waals surface area contributed by atoms with Gasteiger partial charge in [-0.25, -0.2) is 9.18 Å². The summed E-state index contributed by atoms with van der Waals surface area (Å²) in [6.45, 7) is 2.05. The number of urea groups is 1. The molecule has 0 unspecified atom stereocenters. The number of fused-ring (bicyclic) bond motifs is 1. The van der Waals surface area contributed by atoms with Crippen LogP contribution >= 0.6 is 0 Å². The molecule has 0 aliphatic rings. The molecule has 3 aromatic carbocycles. The van der Waals surface area contributed by atoms with E-state index in [0.29, 0.717) is 11.5 Å². The number of halogens is 4. The van der Waals surface area contributed by atoms with Gasteiger partial charge in [-0.05, 0) is 55.5 Å². The molecule has 1 aromatic heterocycles. The molecule has 0 radical (unpaired) electrons. The van der Waals surface area contributed by atoms with E-state index in [4.69, 9.17) is 0 Å². The molecule has 0 saturated carbocycles. The number of hydrogen-bond donors (Lipinski definition) is 3. The van der Waals surface area contributed by atoms with Gasteiger partial charge in [0.05, 0.1) is 5.56 Å². The van der Waals surface area contributed by atoms with Crippen molar-refractivity contribution in [2.24, 2.45) is 0 Å². The first kappa shape index (κ1) is 23.9. The fraction of sp³-hybridized carbons (Fsp3) is 0.160. The summed E-state index contributed by atoms with van der Waals surface area (Å²) in [5.41, 5.74) is 0.800. The minimum Gasteiger partial charge on any atom is -0.364 e. The van der Waals surface area contributed by atoms with E-state index in [2.05, 4.69) is 26.1 Å². The number of benzene rings is 3. The van der Waals surface area contributed by atoms with Gasteiger partial charge in [0.2, 0.25) is 0 Å². The molecule has 0 saturated heterocycles. The monoisotopic (exact) mass is 483 g/mol. The lowest BCUT2D eigenvalue weighted by Gasteiger charge is -2.17. The van der Waals surface area contributed by atoms with Crippen molar-refractivity contribution in [3.8, 4) is 11.3 Å². The van der Waals surface area contributed by atoms with Crippen molar-refractivity contribution < 1.29 is 22.4 Å². The zero-order valence-corrected chi connectivity index (χ0v) is 18.5. The standard InChI is InChI=1S/C25H21F4N5O/c1-15(14-30-24(35)32-19-12-8-17(9-13-19)25(27,28)29)31-23-21-5-3-2-4-20(21)22(33-34-23)16-6-10-18(26)11-7-16/h2-13,15H,14H2,1H3,(H,31,34)(H2,30,32,35)/t15-/m0/s1. The third kappa shape index (κ3) is 5.84. The third-order valence-electron chi connectivity index (χ3n) is 5.23. The summed E-state index contributed by atoms with van der Waals surface area (Å²) in [6.07, 6.45) is -4.44. The van der Waals surface area contributed by atoms with Gasteiger partial charge in [-0.15, -0.1) is 10.2 Å². The molecule has 2 amide bonds. The van der Waals surface area contributed by atoms with Crippen molar-refractivity contribution in [3.05, 3.63) is 84.2 Å². The first-order valence-corrected chi connectivity index (χ1v) is 10.7. The molecular weight excluding hydrogens is 462 g/mol. The number of aromatic nitrogens is 2. The summed E-state index contributed by atoms with van der Waals surface area (Å²) in [4.78, 5) is 12.2. The van der Waals surface area contributed by atoms with Gasteiger partial charge in [0, 0.05) is 34.6 Å². The molecule has 0 bridgehead atoms. The van der Waals surface area contributed by atoms with Crippen LogP contribution in [0.4, 0.5) is 33.9 Å². The predicted octanol–water partition coefficient (Wildman–Crippen LogP) is 6.08. The Morgan fingerprint density at radius 1 is 0.914 bits per heavy atom. The van der Waals surface area contributed by atoms with Gasteiger partial charge >= 0.3 is 12.2 Å².